The number of nitrogen functional groups attached to an aromatic ring is 1. The standard InChI is InChI=1S/C14H19N3S/c1-14(2)7-3-4-12(14)17-13-16-10-6-5-9(15)8-11(10)18-13/h5-6,8,12H,3-4,7,15H2,1-2H3,(H,16,17). The number of nitrogens with one attached hydrogen (secondary N) is 1. The van der Waals surface area contributed by atoms with E-state index in [0.29, 0.717) is 11.5 Å². The second-order valence-corrected chi connectivity index (χ2v) is 6.85. The lowest BCUT2D eigenvalue weighted by molar-refractivity contribution is 0.350. The van der Waals surface area contributed by atoms with Crippen LogP contribution in [0.25, 0.3) is 10.2 Å². The first kappa shape index (κ1) is 11.8. The first-order valence-electron chi connectivity index (χ1n) is 6.47. The quantitative estimate of drug-likeness (QED) is 0.807. The third kappa shape index (κ3) is 2.05. The van der Waals surface area contributed by atoms with Gasteiger partial charge in [0, 0.05) is 11.7 Å². The molecule has 1 aliphatic rings. The van der Waals surface area contributed by atoms with E-state index in [2.05, 4.69) is 24.1 Å². The van der Waals surface area contributed by atoms with E-state index in [1.165, 1.54) is 19.3 Å². The van der Waals surface area contributed by atoms with Crippen LogP contribution in [0.3, 0.4) is 0 Å². The first-order chi connectivity index (χ1) is 8.54. The number of nitrogens with two attached hydrogens (primary N) is 1. The van der Waals surface area contributed by atoms with Gasteiger partial charge in [-0.3, -0.25) is 0 Å². The van der Waals surface area contributed by atoms with Crippen LogP contribution in [0, 0.1) is 5.41 Å². The molecular formula is C14H19N3S. The minimum absolute atomic E-state index is 0.372. The molecular weight excluding hydrogens is 242 g/mol. The molecule has 1 unspecified atom stereocenters. The molecule has 1 fully saturated rings. The minimum Gasteiger partial charge on any atom is -0.399 e. The Hall–Kier alpha value is -1.29. The zero-order chi connectivity index (χ0) is 12.8. The summed E-state index contributed by atoms with van der Waals surface area (Å²) in [5.41, 5.74) is 8.01. The molecule has 0 aliphatic heterocycles. The smallest absolute Gasteiger partial charge is 0.184 e. The Morgan fingerprint density at radius 2 is 2.28 bits per heavy atom. The fraction of sp³-hybridized carbons (Fsp3) is 0.500. The molecule has 1 atom stereocenters. The van der Waals surface area contributed by atoms with E-state index in [0.717, 1.165) is 21.0 Å². The lowest BCUT2D eigenvalue weighted by Gasteiger charge is -2.27. The normalized spacial score (nSPS) is 22.4. The second-order valence-electron chi connectivity index (χ2n) is 5.82. The highest BCUT2D eigenvalue weighted by Crippen LogP contribution is 2.40. The number of aromatic nitrogens is 1. The lowest BCUT2D eigenvalue weighted by Crippen LogP contribution is -2.30. The van der Waals surface area contributed by atoms with Crippen LogP contribution < -0.4 is 11.1 Å². The molecule has 1 aromatic carbocycles. The fourth-order valence-corrected chi connectivity index (χ4v) is 3.71. The number of hydrogen-bond acceptors (Lipinski definition) is 4. The predicted octanol–water partition coefficient (Wildman–Crippen LogP) is 3.87. The van der Waals surface area contributed by atoms with Gasteiger partial charge in [-0.1, -0.05) is 31.6 Å². The molecule has 3 rings (SSSR count). The summed E-state index contributed by atoms with van der Waals surface area (Å²) in [5.74, 6) is 0. The number of anilines is 2. The topological polar surface area (TPSA) is 50.9 Å². The molecule has 0 bridgehead atoms. The van der Waals surface area contributed by atoms with Gasteiger partial charge in [0.05, 0.1) is 10.2 Å². The Labute approximate surface area is 111 Å². The monoisotopic (exact) mass is 261 g/mol. The molecule has 2 aromatic rings. The summed E-state index contributed by atoms with van der Waals surface area (Å²) in [5, 5.41) is 4.63. The average molecular weight is 261 g/mol. The molecule has 4 heteroatoms. The van der Waals surface area contributed by atoms with Crippen molar-refractivity contribution in [2.24, 2.45) is 5.41 Å². The summed E-state index contributed by atoms with van der Waals surface area (Å²) in [7, 11) is 0. The second kappa shape index (κ2) is 4.12. The Balaban J connectivity index is 1.87. The number of benzene rings is 1. The van der Waals surface area contributed by atoms with Crippen LogP contribution in [0.5, 0.6) is 0 Å². The highest BCUT2D eigenvalue weighted by molar-refractivity contribution is 7.22. The fourth-order valence-electron chi connectivity index (χ4n) is 2.75. The Bertz CT molecular complexity index is 573. The summed E-state index contributed by atoms with van der Waals surface area (Å²) in [6.45, 7) is 4.67. The van der Waals surface area contributed by atoms with Crippen molar-refractivity contribution < 1.29 is 0 Å². The number of hydrogen-bond donors (Lipinski definition) is 2. The van der Waals surface area contributed by atoms with Crippen LogP contribution in [0.15, 0.2) is 18.2 Å². The molecule has 18 heavy (non-hydrogen) atoms. The van der Waals surface area contributed by atoms with Gasteiger partial charge in [0.25, 0.3) is 0 Å². The molecule has 1 saturated carbocycles. The van der Waals surface area contributed by atoms with E-state index in [9.17, 15) is 0 Å². The van der Waals surface area contributed by atoms with Gasteiger partial charge in [-0.25, -0.2) is 4.98 Å². The summed E-state index contributed by atoms with van der Waals surface area (Å²) >= 11 is 1.70. The number of rotatable bonds is 2. The molecule has 0 amide bonds. The van der Waals surface area contributed by atoms with Crippen molar-refractivity contribution in [2.75, 3.05) is 11.1 Å². The van der Waals surface area contributed by atoms with Crippen LogP contribution >= 0.6 is 11.3 Å². The van der Waals surface area contributed by atoms with E-state index in [-0.39, 0.29) is 0 Å². The summed E-state index contributed by atoms with van der Waals surface area (Å²) < 4.78 is 1.16. The summed E-state index contributed by atoms with van der Waals surface area (Å²) in [4.78, 5) is 4.63. The maximum atomic E-state index is 5.80. The van der Waals surface area contributed by atoms with Crippen LogP contribution in [-0.2, 0) is 0 Å². The Kier molecular flexibility index (Phi) is 2.70. The number of nitrogens with zero attached hydrogens (tertiary/aromatic N) is 1. The minimum atomic E-state index is 0.372. The molecule has 0 saturated heterocycles. The van der Waals surface area contributed by atoms with Crippen molar-refractivity contribution in [3.63, 3.8) is 0 Å². The zero-order valence-corrected chi connectivity index (χ0v) is 11.7. The average Bonchev–Trinajstić information content (AvgIpc) is 2.82. The first-order valence-corrected chi connectivity index (χ1v) is 7.29. The van der Waals surface area contributed by atoms with Crippen LogP contribution in [0.4, 0.5) is 10.8 Å². The maximum absolute atomic E-state index is 5.80. The van der Waals surface area contributed by atoms with Gasteiger partial charge in [-0.05, 0) is 36.5 Å². The number of thiazole rings is 1. The lowest BCUT2D eigenvalue weighted by atomic mass is 9.87. The summed E-state index contributed by atoms with van der Waals surface area (Å²) in [6.07, 6.45) is 3.84. The number of fused-ring (bicyclic) bond motifs is 1. The van der Waals surface area contributed by atoms with Gasteiger partial charge in [0.1, 0.15) is 0 Å². The van der Waals surface area contributed by atoms with Crippen molar-refractivity contribution >= 4 is 32.4 Å². The molecule has 0 radical (unpaired) electrons. The van der Waals surface area contributed by atoms with E-state index in [1.54, 1.807) is 11.3 Å². The molecule has 1 aliphatic carbocycles. The van der Waals surface area contributed by atoms with Crippen molar-refractivity contribution in [3.8, 4) is 0 Å². The molecule has 1 heterocycles. The zero-order valence-electron chi connectivity index (χ0n) is 10.9. The summed E-state index contributed by atoms with van der Waals surface area (Å²) in [6, 6.07) is 6.44. The molecule has 96 valence electrons. The maximum Gasteiger partial charge on any atom is 0.184 e. The van der Waals surface area contributed by atoms with Gasteiger partial charge in [0.15, 0.2) is 5.13 Å². The van der Waals surface area contributed by atoms with Gasteiger partial charge >= 0.3 is 0 Å². The van der Waals surface area contributed by atoms with Gasteiger partial charge in [-0.15, -0.1) is 0 Å². The Morgan fingerprint density at radius 1 is 1.44 bits per heavy atom. The van der Waals surface area contributed by atoms with Gasteiger partial charge < -0.3 is 11.1 Å². The van der Waals surface area contributed by atoms with E-state index >= 15 is 0 Å². The third-order valence-corrected chi connectivity index (χ3v) is 4.92. The predicted molar refractivity (Wildman–Crippen MR) is 79.1 cm³/mol. The van der Waals surface area contributed by atoms with Crippen molar-refractivity contribution in [3.05, 3.63) is 18.2 Å². The van der Waals surface area contributed by atoms with E-state index in [4.69, 9.17) is 5.73 Å². The molecule has 3 nitrogen and oxygen atoms in total. The van der Waals surface area contributed by atoms with Crippen molar-refractivity contribution in [1.82, 2.24) is 4.98 Å². The Morgan fingerprint density at radius 3 is 3.00 bits per heavy atom. The van der Waals surface area contributed by atoms with Crippen LogP contribution in [0.1, 0.15) is 33.1 Å². The van der Waals surface area contributed by atoms with Gasteiger partial charge in [0.2, 0.25) is 0 Å². The van der Waals surface area contributed by atoms with E-state index in [1.807, 2.05) is 18.2 Å². The van der Waals surface area contributed by atoms with Crippen molar-refractivity contribution in [1.29, 1.82) is 0 Å². The van der Waals surface area contributed by atoms with E-state index < -0.39 is 0 Å². The molecule has 0 spiro atoms. The van der Waals surface area contributed by atoms with Gasteiger partial charge in [-0.2, -0.15) is 0 Å². The third-order valence-electron chi connectivity index (χ3n) is 3.97. The highest BCUT2D eigenvalue weighted by Gasteiger charge is 2.34. The largest absolute Gasteiger partial charge is 0.399 e. The van der Waals surface area contributed by atoms with Crippen LogP contribution in [0.2, 0.25) is 0 Å². The highest BCUT2D eigenvalue weighted by atomic mass is 32.1. The molecule has 1 aromatic heterocycles. The van der Waals surface area contributed by atoms with Crippen LogP contribution in [-0.4, -0.2) is 11.0 Å². The molecule has 3 N–H and O–H groups in total. The SMILES string of the molecule is CC1(C)CCCC1Nc1nc2ccc(N)cc2s1. The van der Waals surface area contributed by atoms with Crippen molar-refractivity contribution in [2.45, 2.75) is 39.2 Å².